The standard InChI is InChI=1S/C22H15F3N2/c23-22(24,25)19-7-3-6-16(12-19)18-10-11-26-21(14-18)27-20-9-8-15-4-1-2-5-17(15)13-20/h1-14H,(H,26,27). The monoisotopic (exact) mass is 364 g/mol. The summed E-state index contributed by atoms with van der Waals surface area (Å²) >= 11 is 0. The third kappa shape index (κ3) is 3.77. The lowest BCUT2D eigenvalue weighted by molar-refractivity contribution is -0.137. The lowest BCUT2D eigenvalue weighted by Crippen LogP contribution is -2.04. The van der Waals surface area contributed by atoms with Crippen molar-refractivity contribution in [3.63, 3.8) is 0 Å². The molecule has 4 rings (SSSR count). The average Bonchev–Trinajstić information content (AvgIpc) is 2.68. The number of alkyl halides is 3. The summed E-state index contributed by atoms with van der Waals surface area (Å²) in [6.07, 6.45) is -2.78. The molecule has 4 aromatic rings. The normalized spacial score (nSPS) is 11.5. The first-order chi connectivity index (χ1) is 13.0. The second-order valence-corrected chi connectivity index (χ2v) is 6.20. The van der Waals surface area contributed by atoms with Gasteiger partial charge in [-0.1, -0.05) is 42.5 Å². The molecule has 0 atom stereocenters. The zero-order chi connectivity index (χ0) is 18.9. The summed E-state index contributed by atoms with van der Waals surface area (Å²) in [5.41, 5.74) is 1.36. The number of rotatable bonds is 3. The molecule has 1 aromatic heterocycles. The summed E-state index contributed by atoms with van der Waals surface area (Å²) in [6, 6.07) is 22.7. The molecule has 27 heavy (non-hydrogen) atoms. The van der Waals surface area contributed by atoms with Crippen molar-refractivity contribution in [2.24, 2.45) is 0 Å². The van der Waals surface area contributed by atoms with Crippen molar-refractivity contribution in [1.29, 1.82) is 0 Å². The number of pyridine rings is 1. The van der Waals surface area contributed by atoms with Gasteiger partial charge in [-0.05, 0) is 58.3 Å². The average molecular weight is 364 g/mol. The maximum absolute atomic E-state index is 13.0. The quantitative estimate of drug-likeness (QED) is 0.439. The zero-order valence-corrected chi connectivity index (χ0v) is 14.2. The van der Waals surface area contributed by atoms with E-state index in [1.54, 1.807) is 24.4 Å². The van der Waals surface area contributed by atoms with Gasteiger partial charge in [0, 0.05) is 11.9 Å². The molecular formula is C22H15F3N2. The number of nitrogens with one attached hydrogen (secondary N) is 1. The number of halogens is 3. The Morgan fingerprint density at radius 3 is 2.30 bits per heavy atom. The van der Waals surface area contributed by atoms with E-state index in [1.165, 1.54) is 6.07 Å². The Kier molecular flexibility index (Phi) is 4.28. The van der Waals surface area contributed by atoms with Gasteiger partial charge in [0.25, 0.3) is 0 Å². The molecule has 0 saturated carbocycles. The second kappa shape index (κ2) is 6.76. The smallest absolute Gasteiger partial charge is 0.340 e. The van der Waals surface area contributed by atoms with E-state index < -0.39 is 11.7 Å². The van der Waals surface area contributed by atoms with Crippen molar-refractivity contribution < 1.29 is 13.2 Å². The van der Waals surface area contributed by atoms with Crippen LogP contribution >= 0.6 is 0 Å². The minimum absolute atomic E-state index is 0.494. The maximum atomic E-state index is 13.0. The minimum Gasteiger partial charge on any atom is -0.340 e. The van der Waals surface area contributed by atoms with Gasteiger partial charge in [-0.25, -0.2) is 4.98 Å². The van der Waals surface area contributed by atoms with Crippen LogP contribution in [0.5, 0.6) is 0 Å². The van der Waals surface area contributed by atoms with Crippen LogP contribution in [-0.4, -0.2) is 4.98 Å². The lowest BCUT2D eigenvalue weighted by Gasteiger charge is -2.11. The van der Waals surface area contributed by atoms with Crippen molar-refractivity contribution in [2.75, 3.05) is 5.32 Å². The molecule has 0 bridgehead atoms. The Hall–Kier alpha value is -3.34. The first-order valence-electron chi connectivity index (χ1n) is 8.38. The number of hydrogen-bond acceptors (Lipinski definition) is 2. The van der Waals surface area contributed by atoms with Crippen LogP contribution in [0.15, 0.2) is 85.1 Å². The molecule has 0 spiro atoms. The topological polar surface area (TPSA) is 24.9 Å². The van der Waals surface area contributed by atoms with Crippen LogP contribution in [0.3, 0.4) is 0 Å². The Balaban J connectivity index is 1.64. The fraction of sp³-hybridized carbons (Fsp3) is 0.0455. The molecule has 0 aliphatic carbocycles. The number of anilines is 2. The van der Waals surface area contributed by atoms with Crippen LogP contribution < -0.4 is 5.32 Å². The van der Waals surface area contributed by atoms with Crippen LogP contribution in [0.2, 0.25) is 0 Å². The molecule has 0 unspecified atom stereocenters. The second-order valence-electron chi connectivity index (χ2n) is 6.20. The van der Waals surface area contributed by atoms with E-state index in [0.29, 0.717) is 16.9 Å². The number of hydrogen-bond donors (Lipinski definition) is 1. The highest BCUT2D eigenvalue weighted by atomic mass is 19.4. The Morgan fingerprint density at radius 2 is 1.48 bits per heavy atom. The van der Waals surface area contributed by atoms with E-state index >= 15 is 0 Å². The Morgan fingerprint density at radius 1 is 0.704 bits per heavy atom. The summed E-state index contributed by atoms with van der Waals surface area (Å²) < 4.78 is 38.9. The molecule has 2 nitrogen and oxygen atoms in total. The van der Waals surface area contributed by atoms with Crippen molar-refractivity contribution in [1.82, 2.24) is 4.98 Å². The first-order valence-corrected chi connectivity index (χ1v) is 8.38. The third-order valence-electron chi connectivity index (χ3n) is 4.31. The molecule has 0 aliphatic heterocycles. The molecule has 1 N–H and O–H groups in total. The molecule has 3 aromatic carbocycles. The summed E-state index contributed by atoms with van der Waals surface area (Å²) in [7, 11) is 0. The van der Waals surface area contributed by atoms with Crippen molar-refractivity contribution in [3.05, 3.63) is 90.6 Å². The van der Waals surface area contributed by atoms with Gasteiger partial charge in [0.2, 0.25) is 0 Å². The molecule has 0 fully saturated rings. The van der Waals surface area contributed by atoms with Crippen LogP contribution in [0.1, 0.15) is 5.56 Å². The van der Waals surface area contributed by atoms with Gasteiger partial charge in [0.05, 0.1) is 5.56 Å². The fourth-order valence-electron chi connectivity index (χ4n) is 2.97. The van der Waals surface area contributed by atoms with Gasteiger partial charge in [0.15, 0.2) is 0 Å². The SMILES string of the molecule is FC(F)(F)c1cccc(-c2ccnc(Nc3ccc4ccccc4c3)c2)c1. The molecule has 134 valence electrons. The van der Waals surface area contributed by atoms with Gasteiger partial charge in [0.1, 0.15) is 5.82 Å². The molecule has 0 aliphatic rings. The third-order valence-corrected chi connectivity index (χ3v) is 4.31. The van der Waals surface area contributed by atoms with Gasteiger partial charge >= 0.3 is 6.18 Å². The van der Waals surface area contributed by atoms with E-state index in [-0.39, 0.29) is 0 Å². The number of benzene rings is 3. The molecular weight excluding hydrogens is 349 g/mol. The highest BCUT2D eigenvalue weighted by Gasteiger charge is 2.30. The van der Waals surface area contributed by atoms with E-state index in [9.17, 15) is 13.2 Å². The maximum Gasteiger partial charge on any atom is 0.416 e. The first kappa shape index (κ1) is 17.1. The highest BCUT2D eigenvalue weighted by Crippen LogP contribution is 2.32. The minimum atomic E-state index is -4.37. The summed E-state index contributed by atoms with van der Waals surface area (Å²) in [5, 5.41) is 5.44. The number of fused-ring (bicyclic) bond motifs is 1. The molecule has 5 heteroatoms. The van der Waals surface area contributed by atoms with E-state index in [1.807, 2.05) is 42.5 Å². The summed E-state index contributed by atoms with van der Waals surface area (Å²) in [5.74, 6) is 0.570. The zero-order valence-electron chi connectivity index (χ0n) is 14.2. The van der Waals surface area contributed by atoms with Crippen molar-refractivity contribution in [2.45, 2.75) is 6.18 Å². The van der Waals surface area contributed by atoms with E-state index in [2.05, 4.69) is 10.3 Å². The van der Waals surface area contributed by atoms with Crippen LogP contribution in [0.4, 0.5) is 24.7 Å². The summed E-state index contributed by atoms with van der Waals surface area (Å²) in [6.45, 7) is 0. The van der Waals surface area contributed by atoms with Crippen LogP contribution in [0, 0.1) is 0 Å². The van der Waals surface area contributed by atoms with Gasteiger partial charge < -0.3 is 5.32 Å². The number of nitrogens with zero attached hydrogens (tertiary/aromatic N) is 1. The van der Waals surface area contributed by atoms with Gasteiger partial charge in [-0.15, -0.1) is 0 Å². The van der Waals surface area contributed by atoms with E-state index in [4.69, 9.17) is 0 Å². The molecule has 0 amide bonds. The molecule has 1 heterocycles. The van der Waals surface area contributed by atoms with Crippen molar-refractivity contribution >= 4 is 22.3 Å². The highest BCUT2D eigenvalue weighted by molar-refractivity contribution is 5.86. The molecule has 0 saturated heterocycles. The van der Waals surface area contributed by atoms with Crippen LogP contribution in [0.25, 0.3) is 21.9 Å². The Bertz CT molecular complexity index is 1100. The molecule has 0 radical (unpaired) electrons. The number of aromatic nitrogens is 1. The summed E-state index contributed by atoms with van der Waals surface area (Å²) in [4.78, 5) is 4.28. The van der Waals surface area contributed by atoms with Crippen molar-refractivity contribution in [3.8, 4) is 11.1 Å². The largest absolute Gasteiger partial charge is 0.416 e. The predicted octanol–water partition coefficient (Wildman–Crippen LogP) is 6.66. The lowest BCUT2D eigenvalue weighted by atomic mass is 10.0. The Labute approximate surface area is 154 Å². The van der Waals surface area contributed by atoms with Gasteiger partial charge in [-0.3, -0.25) is 0 Å². The van der Waals surface area contributed by atoms with Gasteiger partial charge in [-0.2, -0.15) is 13.2 Å². The predicted molar refractivity (Wildman–Crippen MR) is 102 cm³/mol. The van der Waals surface area contributed by atoms with E-state index in [0.717, 1.165) is 28.6 Å². The fourth-order valence-corrected chi connectivity index (χ4v) is 2.97. The van der Waals surface area contributed by atoms with Crippen LogP contribution in [-0.2, 0) is 6.18 Å².